The number of nitrogens with zero attached hydrogens (tertiary/aromatic N) is 4. The average molecular weight is 567 g/mol. The molecule has 39 heavy (non-hydrogen) atoms. The van der Waals surface area contributed by atoms with Gasteiger partial charge in [-0.2, -0.15) is 21.6 Å². The van der Waals surface area contributed by atoms with E-state index in [1.807, 2.05) is 35.1 Å². The highest BCUT2D eigenvalue weighted by Gasteiger charge is 2.29. The predicted molar refractivity (Wildman–Crippen MR) is 135 cm³/mol. The summed E-state index contributed by atoms with van der Waals surface area (Å²) in [5.74, 6) is 1.08. The Morgan fingerprint density at radius 2 is 1.69 bits per heavy atom. The lowest BCUT2D eigenvalue weighted by atomic mass is 10.1. The van der Waals surface area contributed by atoms with Crippen LogP contribution in [0.2, 0.25) is 0 Å². The normalized spacial score (nSPS) is 11.8. The van der Waals surface area contributed by atoms with Crippen molar-refractivity contribution in [3.63, 3.8) is 0 Å². The zero-order valence-electron chi connectivity index (χ0n) is 20.4. The van der Waals surface area contributed by atoms with Crippen LogP contribution >= 0.6 is 0 Å². The lowest BCUT2D eigenvalue weighted by Gasteiger charge is -2.06. The molecule has 0 fully saturated rings. The first-order chi connectivity index (χ1) is 18.5. The number of hydrogen-bond donors (Lipinski definition) is 2. The topological polar surface area (TPSA) is 141 Å². The van der Waals surface area contributed by atoms with Crippen molar-refractivity contribution in [2.24, 2.45) is 0 Å². The van der Waals surface area contributed by atoms with Crippen molar-refractivity contribution in [3.8, 4) is 5.75 Å². The highest BCUT2D eigenvalue weighted by Crippen LogP contribution is 2.29. The van der Waals surface area contributed by atoms with E-state index in [2.05, 4.69) is 15.3 Å². The summed E-state index contributed by atoms with van der Waals surface area (Å²) in [6.07, 6.45) is 7.00. The van der Waals surface area contributed by atoms with Crippen molar-refractivity contribution in [2.45, 2.75) is 38.6 Å². The van der Waals surface area contributed by atoms with E-state index < -0.39 is 22.1 Å². The van der Waals surface area contributed by atoms with Gasteiger partial charge in [-0.1, -0.05) is 29.5 Å². The molecule has 2 aromatic carbocycles. The van der Waals surface area contributed by atoms with Gasteiger partial charge in [0.1, 0.15) is 24.3 Å². The van der Waals surface area contributed by atoms with Gasteiger partial charge in [0.15, 0.2) is 0 Å². The van der Waals surface area contributed by atoms with Gasteiger partial charge in [-0.15, -0.1) is 5.10 Å². The molecule has 0 spiro atoms. The molecule has 208 valence electrons. The maximum atomic E-state index is 12.6. The van der Waals surface area contributed by atoms with E-state index in [9.17, 15) is 13.2 Å². The monoisotopic (exact) mass is 566 g/mol. The van der Waals surface area contributed by atoms with Gasteiger partial charge in [-0.3, -0.25) is 13.8 Å². The van der Waals surface area contributed by atoms with Gasteiger partial charge in [0.25, 0.3) is 0 Å². The first-order valence-corrected chi connectivity index (χ1v) is 12.9. The second-order valence-electron chi connectivity index (χ2n) is 8.13. The summed E-state index contributed by atoms with van der Waals surface area (Å²) in [7, 11) is -4.67. The SMILES string of the molecule is FC(F)(F)c1ccc(/C=C/c2nc(COc3ccc(CCCCn4ccnn4)cc3)co2)cc1.O=S(=O)(O)O. The minimum atomic E-state index is -4.67. The molecule has 0 bridgehead atoms. The molecule has 2 aromatic heterocycles. The first kappa shape index (κ1) is 29.5. The average Bonchev–Trinajstić information content (AvgIpc) is 3.56. The van der Waals surface area contributed by atoms with Crippen LogP contribution in [0, 0.1) is 0 Å². The Morgan fingerprint density at radius 3 is 2.31 bits per heavy atom. The summed E-state index contributed by atoms with van der Waals surface area (Å²) < 4.78 is 82.5. The van der Waals surface area contributed by atoms with Crippen LogP contribution in [0.5, 0.6) is 5.75 Å². The highest BCUT2D eigenvalue weighted by molar-refractivity contribution is 7.79. The van der Waals surface area contributed by atoms with Gasteiger partial charge in [0.2, 0.25) is 5.89 Å². The van der Waals surface area contributed by atoms with Crippen molar-refractivity contribution in [1.82, 2.24) is 20.0 Å². The Labute approximate surface area is 222 Å². The molecule has 0 radical (unpaired) electrons. The van der Waals surface area contributed by atoms with E-state index in [1.54, 1.807) is 18.3 Å². The molecule has 0 amide bonds. The zero-order valence-corrected chi connectivity index (χ0v) is 21.2. The molecule has 0 saturated heterocycles. The number of rotatable bonds is 10. The van der Waals surface area contributed by atoms with E-state index in [0.717, 1.165) is 43.7 Å². The Balaban J connectivity index is 0.000000771. The molecule has 0 unspecified atom stereocenters. The van der Waals surface area contributed by atoms with Gasteiger partial charge in [0, 0.05) is 18.8 Å². The summed E-state index contributed by atoms with van der Waals surface area (Å²) >= 11 is 0. The predicted octanol–water partition coefficient (Wildman–Crippen LogP) is 5.40. The maximum Gasteiger partial charge on any atom is 0.416 e. The van der Waals surface area contributed by atoms with E-state index in [1.165, 1.54) is 24.0 Å². The molecule has 4 aromatic rings. The Morgan fingerprint density at radius 1 is 1.00 bits per heavy atom. The van der Waals surface area contributed by atoms with Crippen molar-refractivity contribution < 1.29 is 39.8 Å². The minimum absolute atomic E-state index is 0.245. The number of oxazole rings is 1. The van der Waals surface area contributed by atoms with Crippen LogP contribution < -0.4 is 4.74 Å². The van der Waals surface area contributed by atoms with Crippen molar-refractivity contribution in [3.05, 3.63) is 95.5 Å². The molecular formula is C25H25F3N4O6S. The summed E-state index contributed by atoms with van der Waals surface area (Å²) in [6.45, 7) is 1.11. The molecule has 0 atom stereocenters. The van der Waals surface area contributed by atoms with Crippen LogP contribution in [0.15, 0.2) is 71.6 Å². The number of aryl methyl sites for hydroxylation is 2. The number of unbranched alkanes of at least 4 members (excludes halogenated alkanes) is 1. The molecular weight excluding hydrogens is 541 g/mol. The molecule has 2 N–H and O–H groups in total. The summed E-state index contributed by atoms with van der Waals surface area (Å²) in [6, 6.07) is 12.8. The van der Waals surface area contributed by atoms with Crippen LogP contribution in [0.1, 0.15) is 41.1 Å². The standard InChI is InChI=1S/C25H23F3N4O2.H2O4S/c26-25(27,28)21-9-4-20(5-10-21)8-13-24-30-22(18-34-24)17-33-23-11-6-19(7-12-23)3-1-2-15-32-16-14-29-31-32;1-5(2,3)4/h4-14,16,18H,1-3,15,17H2;(H2,1,2,3,4)/b13-8+;. The van der Waals surface area contributed by atoms with Gasteiger partial charge in [-0.25, -0.2) is 4.98 Å². The Hall–Kier alpha value is -4.01. The van der Waals surface area contributed by atoms with Crippen LogP contribution in [0.25, 0.3) is 12.2 Å². The third-order valence-corrected chi connectivity index (χ3v) is 5.11. The van der Waals surface area contributed by atoms with E-state index >= 15 is 0 Å². The van der Waals surface area contributed by atoms with Crippen LogP contribution in [0.3, 0.4) is 0 Å². The van der Waals surface area contributed by atoms with Crippen LogP contribution in [0.4, 0.5) is 13.2 Å². The fraction of sp³-hybridized carbons (Fsp3) is 0.240. The smallest absolute Gasteiger partial charge is 0.416 e. The van der Waals surface area contributed by atoms with Crippen LogP contribution in [-0.4, -0.2) is 37.5 Å². The van der Waals surface area contributed by atoms with E-state index in [-0.39, 0.29) is 6.61 Å². The van der Waals surface area contributed by atoms with Crippen molar-refractivity contribution in [2.75, 3.05) is 0 Å². The van der Waals surface area contributed by atoms with Gasteiger partial charge in [-0.05, 0) is 60.7 Å². The quantitative estimate of drug-likeness (QED) is 0.191. The lowest BCUT2D eigenvalue weighted by molar-refractivity contribution is -0.137. The summed E-state index contributed by atoms with van der Waals surface area (Å²) in [4.78, 5) is 4.32. The van der Waals surface area contributed by atoms with Crippen molar-refractivity contribution in [1.29, 1.82) is 0 Å². The number of halogens is 3. The Kier molecular flexibility index (Phi) is 10.4. The highest BCUT2D eigenvalue weighted by atomic mass is 32.3. The molecule has 0 aliphatic carbocycles. The van der Waals surface area contributed by atoms with Crippen LogP contribution in [-0.2, 0) is 36.1 Å². The molecule has 10 nitrogen and oxygen atoms in total. The molecule has 4 rings (SSSR count). The zero-order chi connectivity index (χ0) is 28.3. The number of hydrogen-bond acceptors (Lipinski definition) is 7. The third-order valence-electron chi connectivity index (χ3n) is 5.11. The number of benzene rings is 2. The second-order valence-corrected chi connectivity index (χ2v) is 9.03. The number of aromatic nitrogens is 4. The largest absolute Gasteiger partial charge is 0.487 e. The van der Waals surface area contributed by atoms with Gasteiger partial charge >= 0.3 is 16.6 Å². The molecule has 0 aliphatic rings. The summed E-state index contributed by atoms with van der Waals surface area (Å²) in [5.41, 5.74) is 1.78. The molecule has 14 heteroatoms. The van der Waals surface area contributed by atoms with Gasteiger partial charge in [0.05, 0.1) is 11.8 Å². The fourth-order valence-corrected chi connectivity index (χ4v) is 3.28. The molecule has 2 heterocycles. The van der Waals surface area contributed by atoms with E-state index in [0.29, 0.717) is 17.1 Å². The van der Waals surface area contributed by atoms with Crippen molar-refractivity contribution >= 4 is 22.6 Å². The third kappa shape index (κ3) is 11.5. The molecule has 0 aliphatic heterocycles. The fourth-order valence-electron chi connectivity index (χ4n) is 3.28. The lowest BCUT2D eigenvalue weighted by Crippen LogP contribution is -2.03. The molecule has 0 saturated carbocycles. The minimum Gasteiger partial charge on any atom is -0.487 e. The number of alkyl halides is 3. The van der Waals surface area contributed by atoms with Gasteiger partial charge < -0.3 is 9.15 Å². The first-order valence-electron chi connectivity index (χ1n) is 11.5. The van der Waals surface area contributed by atoms with E-state index in [4.69, 9.17) is 26.7 Å². The maximum absolute atomic E-state index is 12.6. The second kappa shape index (κ2) is 13.7. The number of ether oxygens (including phenoxy) is 1. The Bertz CT molecular complexity index is 1410. The summed E-state index contributed by atoms with van der Waals surface area (Å²) in [5, 5.41) is 7.75.